The normalized spacial score (nSPS) is 10.5. The van der Waals surface area contributed by atoms with Crippen molar-refractivity contribution < 1.29 is 4.79 Å². The van der Waals surface area contributed by atoms with Crippen LogP contribution in [-0.2, 0) is 17.9 Å². The summed E-state index contributed by atoms with van der Waals surface area (Å²) in [6.45, 7) is 6.75. The van der Waals surface area contributed by atoms with Gasteiger partial charge in [0.25, 0.3) is 0 Å². The number of hydrogen-bond donors (Lipinski definition) is 1. The Hall–Kier alpha value is -2.10. The molecule has 4 nitrogen and oxygen atoms in total. The molecule has 1 heterocycles. The van der Waals surface area contributed by atoms with E-state index in [9.17, 15) is 4.79 Å². The van der Waals surface area contributed by atoms with Crippen molar-refractivity contribution in [1.82, 2.24) is 15.1 Å². The first kappa shape index (κ1) is 13.3. The van der Waals surface area contributed by atoms with Gasteiger partial charge < -0.3 is 5.32 Å². The summed E-state index contributed by atoms with van der Waals surface area (Å²) in [4.78, 5) is 11.9. The van der Waals surface area contributed by atoms with Crippen molar-refractivity contribution in [1.29, 1.82) is 0 Å². The molecular formula is C15H19N3O. The number of hydrogen-bond acceptors (Lipinski definition) is 2. The SMILES string of the molecule is Cc1cc(C)n(CC(=O)NCc2ccccc2C)n1. The summed E-state index contributed by atoms with van der Waals surface area (Å²) in [7, 11) is 0. The first-order chi connectivity index (χ1) is 9.06. The standard InChI is InChI=1S/C15H19N3O/c1-11-6-4-5-7-14(11)9-16-15(19)10-18-13(3)8-12(2)17-18/h4-8H,9-10H2,1-3H3,(H,16,19). The average Bonchev–Trinajstić information content (AvgIpc) is 2.67. The summed E-state index contributed by atoms with van der Waals surface area (Å²) in [6, 6.07) is 10.0. The Morgan fingerprint density at radius 1 is 1.26 bits per heavy atom. The molecule has 0 bridgehead atoms. The predicted octanol–water partition coefficient (Wildman–Crippen LogP) is 2.12. The minimum absolute atomic E-state index is 0.0190. The van der Waals surface area contributed by atoms with Gasteiger partial charge in [-0.15, -0.1) is 0 Å². The number of carbonyl (C=O) groups is 1. The van der Waals surface area contributed by atoms with Gasteiger partial charge in [0.1, 0.15) is 6.54 Å². The van der Waals surface area contributed by atoms with E-state index < -0.39 is 0 Å². The Balaban J connectivity index is 1.92. The predicted molar refractivity (Wildman–Crippen MR) is 74.7 cm³/mol. The maximum atomic E-state index is 11.9. The van der Waals surface area contributed by atoms with Crippen LogP contribution in [0.1, 0.15) is 22.5 Å². The lowest BCUT2D eigenvalue weighted by molar-refractivity contribution is -0.122. The van der Waals surface area contributed by atoms with Gasteiger partial charge in [0.2, 0.25) is 5.91 Å². The highest BCUT2D eigenvalue weighted by atomic mass is 16.2. The van der Waals surface area contributed by atoms with E-state index in [1.807, 2.05) is 51.1 Å². The van der Waals surface area contributed by atoms with Crippen LogP contribution in [0.5, 0.6) is 0 Å². The fourth-order valence-corrected chi connectivity index (χ4v) is 2.03. The number of carbonyl (C=O) groups excluding carboxylic acids is 1. The topological polar surface area (TPSA) is 46.9 Å². The van der Waals surface area contributed by atoms with Crippen LogP contribution in [0.4, 0.5) is 0 Å². The van der Waals surface area contributed by atoms with Gasteiger partial charge in [-0.3, -0.25) is 9.48 Å². The third-order valence-electron chi connectivity index (χ3n) is 3.13. The van der Waals surface area contributed by atoms with Gasteiger partial charge in [-0.1, -0.05) is 24.3 Å². The molecule has 100 valence electrons. The minimum atomic E-state index is -0.0190. The molecule has 0 unspecified atom stereocenters. The zero-order valence-electron chi connectivity index (χ0n) is 11.6. The Bertz CT molecular complexity index is 587. The van der Waals surface area contributed by atoms with Gasteiger partial charge >= 0.3 is 0 Å². The molecule has 1 amide bonds. The number of amides is 1. The molecule has 4 heteroatoms. The second kappa shape index (κ2) is 5.69. The molecule has 0 spiro atoms. The van der Waals surface area contributed by atoms with Crippen molar-refractivity contribution in [3.63, 3.8) is 0 Å². The lowest BCUT2D eigenvalue weighted by atomic mass is 10.1. The molecule has 0 saturated heterocycles. The first-order valence-electron chi connectivity index (χ1n) is 6.38. The Morgan fingerprint density at radius 2 is 2.00 bits per heavy atom. The quantitative estimate of drug-likeness (QED) is 0.912. The molecule has 2 rings (SSSR count). The van der Waals surface area contributed by atoms with Crippen molar-refractivity contribution in [2.24, 2.45) is 0 Å². The maximum absolute atomic E-state index is 11.9. The van der Waals surface area contributed by atoms with Crippen LogP contribution in [0, 0.1) is 20.8 Å². The Labute approximate surface area is 113 Å². The third kappa shape index (κ3) is 3.44. The highest BCUT2D eigenvalue weighted by molar-refractivity contribution is 5.75. The molecule has 2 aromatic rings. The summed E-state index contributed by atoms with van der Waals surface area (Å²) in [5, 5.41) is 7.20. The van der Waals surface area contributed by atoms with Crippen LogP contribution in [0.15, 0.2) is 30.3 Å². The summed E-state index contributed by atoms with van der Waals surface area (Å²) in [6.07, 6.45) is 0. The largest absolute Gasteiger partial charge is 0.350 e. The molecule has 1 aromatic heterocycles. The Morgan fingerprint density at radius 3 is 2.63 bits per heavy atom. The first-order valence-corrected chi connectivity index (χ1v) is 6.38. The molecule has 0 aliphatic rings. The average molecular weight is 257 g/mol. The number of aryl methyl sites for hydroxylation is 3. The molecule has 0 fully saturated rings. The van der Waals surface area contributed by atoms with Crippen LogP contribution in [0.25, 0.3) is 0 Å². The van der Waals surface area contributed by atoms with Crippen LogP contribution >= 0.6 is 0 Å². The Kier molecular flexibility index (Phi) is 4.00. The van der Waals surface area contributed by atoms with Crippen molar-refractivity contribution in [3.05, 3.63) is 52.8 Å². The van der Waals surface area contributed by atoms with Crippen molar-refractivity contribution in [2.75, 3.05) is 0 Å². The molecule has 1 N–H and O–H groups in total. The molecule has 0 aliphatic heterocycles. The molecule has 0 radical (unpaired) electrons. The number of aromatic nitrogens is 2. The van der Waals surface area contributed by atoms with Crippen LogP contribution in [-0.4, -0.2) is 15.7 Å². The van der Waals surface area contributed by atoms with E-state index in [4.69, 9.17) is 0 Å². The molecule has 19 heavy (non-hydrogen) atoms. The van der Waals surface area contributed by atoms with Gasteiger partial charge in [0, 0.05) is 12.2 Å². The summed E-state index contributed by atoms with van der Waals surface area (Å²) < 4.78 is 1.72. The number of rotatable bonds is 4. The fraction of sp³-hybridized carbons (Fsp3) is 0.333. The van der Waals surface area contributed by atoms with Crippen LogP contribution < -0.4 is 5.32 Å². The number of benzene rings is 1. The highest BCUT2D eigenvalue weighted by Crippen LogP contribution is 2.06. The zero-order chi connectivity index (χ0) is 13.8. The van der Waals surface area contributed by atoms with E-state index in [-0.39, 0.29) is 12.5 Å². The molecule has 0 saturated carbocycles. The second-order valence-electron chi connectivity index (χ2n) is 4.79. The zero-order valence-corrected chi connectivity index (χ0v) is 11.6. The van der Waals surface area contributed by atoms with Gasteiger partial charge in [-0.05, 0) is 38.0 Å². The van der Waals surface area contributed by atoms with Crippen molar-refractivity contribution >= 4 is 5.91 Å². The smallest absolute Gasteiger partial charge is 0.242 e. The third-order valence-corrected chi connectivity index (χ3v) is 3.13. The number of nitrogens with zero attached hydrogens (tertiary/aromatic N) is 2. The molecule has 0 atom stereocenters. The van der Waals surface area contributed by atoms with Gasteiger partial charge in [0.05, 0.1) is 5.69 Å². The van der Waals surface area contributed by atoms with Gasteiger partial charge in [-0.25, -0.2) is 0 Å². The number of nitrogens with one attached hydrogen (secondary N) is 1. The monoisotopic (exact) mass is 257 g/mol. The van der Waals surface area contributed by atoms with E-state index >= 15 is 0 Å². The van der Waals surface area contributed by atoms with E-state index in [1.165, 1.54) is 5.56 Å². The van der Waals surface area contributed by atoms with Crippen molar-refractivity contribution in [2.45, 2.75) is 33.9 Å². The molecule has 1 aromatic carbocycles. The second-order valence-corrected chi connectivity index (χ2v) is 4.79. The van der Waals surface area contributed by atoms with E-state index in [2.05, 4.69) is 10.4 Å². The van der Waals surface area contributed by atoms with Crippen LogP contribution in [0.2, 0.25) is 0 Å². The van der Waals surface area contributed by atoms with E-state index in [1.54, 1.807) is 4.68 Å². The fourth-order valence-electron chi connectivity index (χ4n) is 2.03. The van der Waals surface area contributed by atoms with Gasteiger partial charge in [-0.2, -0.15) is 5.10 Å². The molecular weight excluding hydrogens is 238 g/mol. The summed E-state index contributed by atoms with van der Waals surface area (Å²) in [5.41, 5.74) is 4.27. The lowest BCUT2D eigenvalue weighted by Crippen LogP contribution is -2.28. The lowest BCUT2D eigenvalue weighted by Gasteiger charge is -2.08. The maximum Gasteiger partial charge on any atom is 0.242 e. The van der Waals surface area contributed by atoms with Crippen molar-refractivity contribution in [3.8, 4) is 0 Å². The summed E-state index contributed by atoms with van der Waals surface area (Å²) in [5.74, 6) is -0.0190. The summed E-state index contributed by atoms with van der Waals surface area (Å²) >= 11 is 0. The highest BCUT2D eigenvalue weighted by Gasteiger charge is 2.07. The van der Waals surface area contributed by atoms with Gasteiger partial charge in [0.15, 0.2) is 0 Å². The van der Waals surface area contributed by atoms with E-state index in [0.717, 1.165) is 17.0 Å². The molecule has 0 aliphatic carbocycles. The van der Waals surface area contributed by atoms with E-state index in [0.29, 0.717) is 6.54 Å². The van der Waals surface area contributed by atoms with Crippen LogP contribution in [0.3, 0.4) is 0 Å². The minimum Gasteiger partial charge on any atom is -0.350 e.